The molecule has 2 aromatic rings. The van der Waals surface area contributed by atoms with Gasteiger partial charge in [0.05, 0.1) is 6.21 Å². The molecule has 0 N–H and O–H groups in total. The Morgan fingerprint density at radius 1 is 1.00 bits per heavy atom. The third-order valence-electron chi connectivity index (χ3n) is 4.15. The van der Waals surface area contributed by atoms with Crippen LogP contribution in [0.2, 0.25) is 0 Å². The van der Waals surface area contributed by atoms with Crippen LogP contribution in [-0.2, 0) is 4.84 Å². The molecule has 5 nitrogen and oxygen atoms in total. The van der Waals surface area contributed by atoms with Crippen molar-refractivity contribution < 1.29 is 9.63 Å². The molecule has 3 rings (SSSR count). The fourth-order valence-electron chi connectivity index (χ4n) is 2.81. The number of hydrogen-bond acceptors (Lipinski definition) is 4. The number of nitrogens with zero attached hydrogens (tertiary/aromatic N) is 3. The van der Waals surface area contributed by atoms with Crippen molar-refractivity contribution in [3.8, 4) is 0 Å². The lowest BCUT2D eigenvalue weighted by Gasteiger charge is -2.36. The summed E-state index contributed by atoms with van der Waals surface area (Å²) in [6.07, 6.45) is 1.62. The number of hydrogen-bond donors (Lipinski definition) is 0. The summed E-state index contributed by atoms with van der Waals surface area (Å²) in [4.78, 5) is 21.5. The molecule has 0 radical (unpaired) electrons. The Hall–Kier alpha value is -2.82. The Morgan fingerprint density at radius 2 is 1.67 bits per heavy atom. The number of piperazine rings is 1. The van der Waals surface area contributed by atoms with E-state index in [0.717, 1.165) is 31.7 Å². The lowest BCUT2D eigenvalue weighted by Crippen LogP contribution is -2.48. The van der Waals surface area contributed by atoms with E-state index in [4.69, 9.17) is 0 Å². The highest BCUT2D eigenvalue weighted by Crippen LogP contribution is 2.17. The summed E-state index contributed by atoms with van der Waals surface area (Å²) < 4.78 is 0. The average molecular weight is 323 g/mol. The highest BCUT2D eigenvalue weighted by Gasteiger charge is 2.22. The molecule has 1 saturated heterocycles. The van der Waals surface area contributed by atoms with Crippen LogP contribution < -0.4 is 4.90 Å². The lowest BCUT2D eigenvalue weighted by atomic mass is 10.1. The van der Waals surface area contributed by atoms with Crippen molar-refractivity contribution >= 4 is 17.8 Å². The summed E-state index contributed by atoms with van der Waals surface area (Å²) in [7, 11) is 1.50. The van der Waals surface area contributed by atoms with Gasteiger partial charge in [0.2, 0.25) is 0 Å². The summed E-state index contributed by atoms with van der Waals surface area (Å²) >= 11 is 0. The first kappa shape index (κ1) is 16.1. The van der Waals surface area contributed by atoms with Crippen LogP contribution in [0.25, 0.3) is 0 Å². The molecule has 1 aliphatic heterocycles. The fourth-order valence-corrected chi connectivity index (χ4v) is 2.81. The van der Waals surface area contributed by atoms with Gasteiger partial charge in [0.15, 0.2) is 0 Å². The number of para-hydroxylation sites is 1. The predicted octanol–water partition coefficient (Wildman–Crippen LogP) is 2.63. The number of benzene rings is 2. The summed E-state index contributed by atoms with van der Waals surface area (Å²) in [6.45, 7) is 3.18. The first-order valence-electron chi connectivity index (χ1n) is 8.04. The van der Waals surface area contributed by atoms with Gasteiger partial charge in [0.1, 0.15) is 7.11 Å². The summed E-state index contributed by atoms with van der Waals surface area (Å²) in [5.41, 5.74) is 2.83. The van der Waals surface area contributed by atoms with E-state index in [1.165, 1.54) is 12.8 Å². The van der Waals surface area contributed by atoms with Gasteiger partial charge in [-0.25, -0.2) is 0 Å². The smallest absolute Gasteiger partial charge is 0.253 e. The number of anilines is 1. The minimum Gasteiger partial charge on any atom is -0.399 e. The molecule has 0 atom stereocenters. The van der Waals surface area contributed by atoms with E-state index in [0.29, 0.717) is 5.56 Å². The molecule has 124 valence electrons. The van der Waals surface area contributed by atoms with Gasteiger partial charge in [-0.05, 0) is 29.8 Å². The minimum atomic E-state index is 0.0814. The van der Waals surface area contributed by atoms with Crippen LogP contribution in [0.5, 0.6) is 0 Å². The highest BCUT2D eigenvalue weighted by molar-refractivity contribution is 5.95. The Bertz CT molecular complexity index is 690. The fraction of sp³-hybridized carbons (Fsp3) is 0.263. The topological polar surface area (TPSA) is 45.1 Å². The molecule has 5 heteroatoms. The Kier molecular flexibility index (Phi) is 5.11. The van der Waals surface area contributed by atoms with E-state index in [1.807, 2.05) is 47.4 Å². The van der Waals surface area contributed by atoms with E-state index in [9.17, 15) is 4.79 Å². The van der Waals surface area contributed by atoms with Gasteiger partial charge in [0.25, 0.3) is 5.91 Å². The zero-order chi connectivity index (χ0) is 16.8. The van der Waals surface area contributed by atoms with Gasteiger partial charge >= 0.3 is 0 Å². The monoisotopic (exact) mass is 323 g/mol. The third-order valence-corrected chi connectivity index (χ3v) is 4.15. The maximum Gasteiger partial charge on any atom is 0.253 e. The van der Waals surface area contributed by atoms with Gasteiger partial charge in [-0.15, -0.1) is 0 Å². The van der Waals surface area contributed by atoms with Gasteiger partial charge in [-0.2, -0.15) is 0 Å². The second-order valence-electron chi connectivity index (χ2n) is 5.65. The first-order valence-corrected chi connectivity index (χ1v) is 8.04. The van der Waals surface area contributed by atoms with Crippen molar-refractivity contribution in [1.82, 2.24) is 4.90 Å². The number of amides is 1. The number of rotatable bonds is 4. The van der Waals surface area contributed by atoms with Gasteiger partial charge in [-0.3, -0.25) is 4.79 Å². The molecule has 24 heavy (non-hydrogen) atoms. The van der Waals surface area contributed by atoms with Crippen LogP contribution in [0.1, 0.15) is 15.9 Å². The maximum absolute atomic E-state index is 12.6. The van der Waals surface area contributed by atoms with Crippen LogP contribution in [0, 0.1) is 0 Å². The van der Waals surface area contributed by atoms with Crippen molar-refractivity contribution in [1.29, 1.82) is 0 Å². The molecule has 1 aliphatic rings. The molecular weight excluding hydrogens is 302 g/mol. The van der Waals surface area contributed by atoms with Gasteiger partial charge in [0, 0.05) is 37.4 Å². The molecule has 2 aromatic carbocycles. The molecule has 1 fully saturated rings. The second-order valence-corrected chi connectivity index (χ2v) is 5.65. The number of carbonyl (C=O) groups excluding carboxylic acids is 1. The van der Waals surface area contributed by atoms with Crippen molar-refractivity contribution in [2.45, 2.75) is 0 Å². The minimum absolute atomic E-state index is 0.0814. The predicted molar refractivity (Wildman–Crippen MR) is 95.6 cm³/mol. The summed E-state index contributed by atoms with van der Waals surface area (Å²) in [6, 6.07) is 17.7. The van der Waals surface area contributed by atoms with Crippen molar-refractivity contribution in [2.75, 3.05) is 38.2 Å². The quantitative estimate of drug-likeness (QED) is 0.642. The largest absolute Gasteiger partial charge is 0.399 e. The van der Waals surface area contributed by atoms with E-state index in [2.05, 4.69) is 27.0 Å². The molecule has 0 aliphatic carbocycles. The zero-order valence-corrected chi connectivity index (χ0v) is 13.8. The normalized spacial score (nSPS) is 14.9. The van der Waals surface area contributed by atoms with E-state index < -0.39 is 0 Å². The number of carbonyl (C=O) groups is 1. The van der Waals surface area contributed by atoms with Crippen molar-refractivity contribution in [3.63, 3.8) is 0 Å². The molecule has 0 aromatic heterocycles. The highest BCUT2D eigenvalue weighted by atomic mass is 16.6. The first-order chi connectivity index (χ1) is 11.8. The second kappa shape index (κ2) is 7.64. The summed E-state index contributed by atoms with van der Waals surface area (Å²) in [5.74, 6) is 0.0814. The van der Waals surface area contributed by atoms with E-state index in [-0.39, 0.29) is 5.91 Å². The molecule has 0 saturated carbocycles. The third kappa shape index (κ3) is 3.74. The van der Waals surface area contributed by atoms with Crippen LogP contribution in [0.4, 0.5) is 5.69 Å². The van der Waals surface area contributed by atoms with Crippen molar-refractivity contribution in [2.24, 2.45) is 5.16 Å². The van der Waals surface area contributed by atoms with Gasteiger partial charge < -0.3 is 14.6 Å². The van der Waals surface area contributed by atoms with Crippen LogP contribution in [0.3, 0.4) is 0 Å². The van der Waals surface area contributed by atoms with Crippen molar-refractivity contribution in [3.05, 3.63) is 65.7 Å². The SMILES string of the molecule is CO/N=C/c1ccc(C(=O)N2CCN(c3ccccc3)CC2)cc1. The van der Waals surface area contributed by atoms with E-state index in [1.54, 1.807) is 6.21 Å². The van der Waals surface area contributed by atoms with Gasteiger partial charge in [-0.1, -0.05) is 35.5 Å². The van der Waals surface area contributed by atoms with Crippen LogP contribution in [-0.4, -0.2) is 50.3 Å². The Balaban J connectivity index is 1.60. The lowest BCUT2D eigenvalue weighted by molar-refractivity contribution is 0.0747. The molecule has 0 spiro atoms. The molecule has 1 amide bonds. The molecule has 1 heterocycles. The Labute approximate surface area is 142 Å². The Morgan fingerprint density at radius 3 is 2.29 bits per heavy atom. The van der Waals surface area contributed by atoms with Crippen LogP contribution >= 0.6 is 0 Å². The molecular formula is C19H21N3O2. The van der Waals surface area contributed by atoms with Crippen LogP contribution in [0.15, 0.2) is 59.8 Å². The molecule has 0 unspecified atom stereocenters. The standard InChI is InChI=1S/C19H21N3O2/c1-24-20-15-16-7-9-17(10-8-16)19(23)22-13-11-21(12-14-22)18-5-3-2-4-6-18/h2-10,15H,11-14H2,1H3/b20-15+. The summed E-state index contributed by atoms with van der Waals surface area (Å²) in [5, 5.41) is 3.72. The number of oxime groups is 1. The average Bonchev–Trinajstić information content (AvgIpc) is 2.67. The zero-order valence-electron chi connectivity index (χ0n) is 13.8. The molecule has 0 bridgehead atoms. The maximum atomic E-state index is 12.6. The van der Waals surface area contributed by atoms with E-state index >= 15 is 0 Å².